The maximum atomic E-state index is 12.9. The highest BCUT2D eigenvalue weighted by molar-refractivity contribution is 6.31. The minimum absolute atomic E-state index is 0.176. The normalized spacial score (nSPS) is 10.8. The van der Waals surface area contributed by atoms with E-state index in [0.29, 0.717) is 40.3 Å². The number of hydrogen-bond donors (Lipinski definition) is 1. The van der Waals surface area contributed by atoms with E-state index in [0.717, 1.165) is 5.56 Å². The maximum Gasteiger partial charge on any atom is 0.254 e. The quantitative estimate of drug-likeness (QED) is 0.646. The Morgan fingerprint density at radius 1 is 1.07 bits per heavy atom. The second kappa shape index (κ2) is 9.13. The van der Waals surface area contributed by atoms with Crippen LogP contribution in [0.3, 0.4) is 0 Å². The molecule has 0 bridgehead atoms. The van der Waals surface area contributed by atoms with Gasteiger partial charge in [0.15, 0.2) is 0 Å². The first-order chi connectivity index (χ1) is 14.4. The third-order valence-electron chi connectivity index (χ3n) is 5.14. The molecule has 0 saturated carbocycles. The van der Waals surface area contributed by atoms with E-state index in [4.69, 9.17) is 11.6 Å². The lowest BCUT2D eigenvalue weighted by atomic mass is 10.1. The fraction of sp³-hybridized carbons (Fsp3) is 0.261. The molecule has 0 aliphatic rings. The molecule has 0 saturated heterocycles. The van der Waals surface area contributed by atoms with E-state index in [1.807, 2.05) is 26.8 Å². The van der Waals surface area contributed by atoms with Gasteiger partial charge in [-0.15, -0.1) is 0 Å². The maximum absolute atomic E-state index is 12.9. The number of carbonyl (C=O) groups excluding carboxylic acids is 2. The van der Waals surface area contributed by atoms with Crippen LogP contribution in [0.2, 0.25) is 5.02 Å². The fourth-order valence-corrected chi connectivity index (χ4v) is 3.61. The molecule has 0 radical (unpaired) electrons. The number of fused-ring (bicyclic) bond motifs is 1. The smallest absolute Gasteiger partial charge is 0.254 e. The van der Waals surface area contributed by atoms with Gasteiger partial charge in [-0.05, 0) is 44.5 Å². The number of benzene rings is 2. The Balaban J connectivity index is 1.99. The molecule has 156 valence electrons. The third-order valence-corrected chi connectivity index (χ3v) is 5.55. The zero-order valence-corrected chi connectivity index (χ0v) is 18.0. The molecule has 1 aromatic heterocycles. The van der Waals surface area contributed by atoms with Gasteiger partial charge in [0.05, 0.1) is 11.1 Å². The molecular formula is C23H24ClN3O3. The molecule has 1 N–H and O–H groups in total. The number of halogens is 1. The fourth-order valence-electron chi connectivity index (χ4n) is 3.43. The van der Waals surface area contributed by atoms with Crippen molar-refractivity contribution in [2.24, 2.45) is 0 Å². The Kier molecular flexibility index (Phi) is 6.57. The molecule has 0 aliphatic carbocycles. The van der Waals surface area contributed by atoms with Crippen LogP contribution in [0.4, 0.5) is 5.69 Å². The number of amides is 2. The van der Waals surface area contributed by atoms with Gasteiger partial charge in [-0.1, -0.05) is 35.9 Å². The summed E-state index contributed by atoms with van der Waals surface area (Å²) in [5.41, 5.74) is 1.84. The number of rotatable bonds is 6. The molecule has 0 aliphatic heterocycles. The molecule has 0 unspecified atom stereocenters. The van der Waals surface area contributed by atoms with E-state index in [1.54, 1.807) is 41.3 Å². The molecule has 2 aromatic carbocycles. The van der Waals surface area contributed by atoms with E-state index in [9.17, 15) is 14.4 Å². The van der Waals surface area contributed by atoms with Crippen molar-refractivity contribution in [1.82, 2.24) is 9.47 Å². The average molecular weight is 426 g/mol. The van der Waals surface area contributed by atoms with Crippen molar-refractivity contribution < 1.29 is 9.59 Å². The molecule has 6 nitrogen and oxygen atoms in total. The molecule has 0 fully saturated rings. The Morgan fingerprint density at radius 3 is 2.47 bits per heavy atom. The van der Waals surface area contributed by atoms with Crippen LogP contribution >= 0.6 is 11.6 Å². The molecule has 2 amide bonds. The number of carbonyl (C=O) groups is 2. The van der Waals surface area contributed by atoms with Crippen LogP contribution in [0.25, 0.3) is 10.9 Å². The van der Waals surface area contributed by atoms with Gasteiger partial charge in [-0.3, -0.25) is 19.0 Å². The van der Waals surface area contributed by atoms with Gasteiger partial charge in [-0.2, -0.15) is 0 Å². The highest BCUT2D eigenvalue weighted by Gasteiger charge is 2.19. The van der Waals surface area contributed by atoms with Gasteiger partial charge in [0.2, 0.25) is 5.91 Å². The van der Waals surface area contributed by atoms with Crippen molar-refractivity contribution in [2.45, 2.75) is 27.3 Å². The van der Waals surface area contributed by atoms with Crippen LogP contribution in [0, 0.1) is 6.92 Å². The van der Waals surface area contributed by atoms with Crippen LogP contribution in [-0.2, 0) is 11.3 Å². The summed E-state index contributed by atoms with van der Waals surface area (Å²) in [4.78, 5) is 40.1. The van der Waals surface area contributed by atoms with E-state index >= 15 is 0 Å². The van der Waals surface area contributed by atoms with Crippen LogP contribution in [0.15, 0.2) is 53.3 Å². The minimum Gasteiger partial charge on any atom is -0.339 e. The van der Waals surface area contributed by atoms with Gasteiger partial charge in [0, 0.05) is 35.3 Å². The van der Waals surface area contributed by atoms with Crippen molar-refractivity contribution in [3.05, 3.63) is 75.0 Å². The van der Waals surface area contributed by atoms with Crippen molar-refractivity contribution >= 4 is 40.0 Å². The van der Waals surface area contributed by atoms with E-state index in [-0.39, 0.29) is 18.4 Å². The Labute approximate surface area is 180 Å². The summed E-state index contributed by atoms with van der Waals surface area (Å²) >= 11 is 6.11. The first-order valence-electron chi connectivity index (χ1n) is 9.84. The number of nitrogens with zero attached hydrogens (tertiary/aromatic N) is 2. The summed E-state index contributed by atoms with van der Waals surface area (Å²) in [5, 5.41) is 4.00. The van der Waals surface area contributed by atoms with Crippen LogP contribution in [0.1, 0.15) is 29.8 Å². The summed E-state index contributed by atoms with van der Waals surface area (Å²) in [7, 11) is 0. The monoisotopic (exact) mass is 425 g/mol. The molecule has 7 heteroatoms. The average Bonchev–Trinajstić information content (AvgIpc) is 2.74. The summed E-state index contributed by atoms with van der Waals surface area (Å²) in [6.07, 6.45) is 0. The van der Waals surface area contributed by atoms with E-state index in [2.05, 4.69) is 5.32 Å². The number of hydrogen-bond acceptors (Lipinski definition) is 3. The zero-order chi connectivity index (χ0) is 21.8. The van der Waals surface area contributed by atoms with Crippen molar-refractivity contribution in [2.75, 3.05) is 18.4 Å². The first kappa shape index (κ1) is 21.6. The Hall–Kier alpha value is -3.12. The Bertz CT molecular complexity index is 1170. The molecule has 3 rings (SSSR count). The van der Waals surface area contributed by atoms with Crippen molar-refractivity contribution in [3.8, 4) is 0 Å². The Morgan fingerprint density at radius 2 is 1.77 bits per heavy atom. The van der Waals surface area contributed by atoms with Crippen LogP contribution < -0.4 is 10.9 Å². The number of anilines is 1. The largest absolute Gasteiger partial charge is 0.339 e. The lowest BCUT2D eigenvalue weighted by Crippen LogP contribution is -2.33. The number of para-hydroxylation sites is 1. The summed E-state index contributed by atoms with van der Waals surface area (Å²) < 4.78 is 1.38. The minimum atomic E-state index is -0.401. The number of nitrogens with one attached hydrogen (secondary N) is 1. The van der Waals surface area contributed by atoms with Gasteiger partial charge in [-0.25, -0.2) is 0 Å². The third kappa shape index (κ3) is 4.24. The molecule has 3 aromatic rings. The van der Waals surface area contributed by atoms with Crippen molar-refractivity contribution in [1.29, 1.82) is 0 Å². The highest BCUT2D eigenvalue weighted by atomic mass is 35.5. The number of aromatic nitrogens is 1. The van der Waals surface area contributed by atoms with Crippen molar-refractivity contribution in [3.63, 3.8) is 0 Å². The highest BCUT2D eigenvalue weighted by Crippen LogP contribution is 2.23. The standard InChI is InChI=1S/C23H24ClN3O3/c1-4-26(5-2)23(30)17-13-22(29)27(20-12-7-6-9-16(17)20)14-21(28)25-19-11-8-10-18(24)15(19)3/h6-13H,4-5,14H2,1-3H3,(H,25,28). The zero-order valence-electron chi connectivity index (χ0n) is 17.2. The van der Waals surface area contributed by atoms with Gasteiger partial charge < -0.3 is 10.2 Å². The summed E-state index contributed by atoms with van der Waals surface area (Å²) in [6, 6.07) is 13.7. The van der Waals surface area contributed by atoms with Crippen LogP contribution in [0.5, 0.6) is 0 Å². The SMILES string of the molecule is CCN(CC)C(=O)c1cc(=O)n(CC(=O)Nc2cccc(Cl)c2C)c2ccccc12. The second-order valence-corrected chi connectivity index (χ2v) is 7.34. The van der Waals surface area contributed by atoms with E-state index in [1.165, 1.54) is 10.6 Å². The molecular weight excluding hydrogens is 402 g/mol. The number of pyridine rings is 1. The molecule has 0 spiro atoms. The predicted molar refractivity (Wildman–Crippen MR) is 120 cm³/mol. The molecule has 30 heavy (non-hydrogen) atoms. The van der Waals surface area contributed by atoms with Crippen LogP contribution in [-0.4, -0.2) is 34.4 Å². The molecule has 0 atom stereocenters. The lowest BCUT2D eigenvalue weighted by Gasteiger charge is -2.20. The van der Waals surface area contributed by atoms with Gasteiger partial charge in [0.25, 0.3) is 11.5 Å². The van der Waals surface area contributed by atoms with E-state index < -0.39 is 5.56 Å². The summed E-state index contributed by atoms with van der Waals surface area (Å²) in [5.74, 6) is -0.546. The first-order valence-corrected chi connectivity index (χ1v) is 10.2. The second-order valence-electron chi connectivity index (χ2n) is 6.94. The van der Waals surface area contributed by atoms with Gasteiger partial charge >= 0.3 is 0 Å². The predicted octanol–water partition coefficient (Wildman–Crippen LogP) is 4.08. The van der Waals surface area contributed by atoms with Gasteiger partial charge in [0.1, 0.15) is 6.54 Å². The molecule has 1 heterocycles. The topological polar surface area (TPSA) is 71.4 Å². The lowest BCUT2D eigenvalue weighted by molar-refractivity contribution is -0.116. The summed E-state index contributed by atoms with van der Waals surface area (Å²) in [6.45, 7) is 6.53.